The first-order chi connectivity index (χ1) is 7.78. The second-order valence-electron chi connectivity index (χ2n) is 5.57. The van der Waals surface area contributed by atoms with Crippen LogP contribution >= 0.6 is 0 Å². The van der Waals surface area contributed by atoms with Gasteiger partial charge in [0.15, 0.2) is 0 Å². The lowest BCUT2D eigenvalue weighted by atomic mass is 9.96. The van der Waals surface area contributed by atoms with Gasteiger partial charge in [-0.1, -0.05) is 6.92 Å². The summed E-state index contributed by atoms with van der Waals surface area (Å²) in [4.78, 5) is 5.14. The third-order valence-corrected chi connectivity index (χ3v) is 4.19. The predicted octanol–water partition coefficient (Wildman–Crippen LogP) is 1.01. The van der Waals surface area contributed by atoms with Gasteiger partial charge in [-0.15, -0.1) is 0 Å². The van der Waals surface area contributed by atoms with E-state index in [0.29, 0.717) is 0 Å². The fraction of sp³-hybridized carbons (Fsp3) is 1.00. The first kappa shape index (κ1) is 12.3. The van der Waals surface area contributed by atoms with Gasteiger partial charge >= 0.3 is 0 Å². The fourth-order valence-corrected chi connectivity index (χ4v) is 2.94. The summed E-state index contributed by atoms with van der Waals surface area (Å²) in [7, 11) is 2.24. The summed E-state index contributed by atoms with van der Waals surface area (Å²) in [5.74, 6) is 0.951. The Morgan fingerprint density at radius 1 is 1.19 bits per heavy atom. The normalized spacial score (nSPS) is 30.8. The molecule has 2 heterocycles. The minimum Gasteiger partial charge on any atom is -0.311 e. The molecule has 0 saturated carbocycles. The molecule has 2 aliphatic heterocycles. The smallest absolute Gasteiger partial charge is 0.0192 e. The summed E-state index contributed by atoms with van der Waals surface area (Å²) in [6.45, 7) is 9.93. The predicted molar refractivity (Wildman–Crippen MR) is 68.7 cm³/mol. The van der Waals surface area contributed by atoms with Crippen LogP contribution in [0, 0.1) is 5.92 Å². The van der Waals surface area contributed by atoms with E-state index in [0.717, 1.165) is 12.0 Å². The van der Waals surface area contributed by atoms with Crippen LogP contribution in [0.25, 0.3) is 0 Å². The zero-order valence-electron chi connectivity index (χ0n) is 10.9. The van der Waals surface area contributed by atoms with Crippen LogP contribution in [-0.2, 0) is 0 Å². The Labute approximate surface area is 100 Å². The molecule has 0 aliphatic carbocycles. The molecule has 2 saturated heterocycles. The lowest BCUT2D eigenvalue weighted by Gasteiger charge is -2.37. The summed E-state index contributed by atoms with van der Waals surface area (Å²) in [5.41, 5.74) is 0. The van der Waals surface area contributed by atoms with Gasteiger partial charge in [0.25, 0.3) is 0 Å². The van der Waals surface area contributed by atoms with Crippen molar-refractivity contribution in [1.82, 2.24) is 15.1 Å². The first-order valence-electron chi connectivity index (χ1n) is 6.92. The van der Waals surface area contributed by atoms with Gasteiger partial charge in [-0.3, -0.25) is 0 Å². The zero-order valence-corrected chi connectivity index (χ0v) is 10.9. The van der Waals surface area contributed by atoms with E-state index >= 15 is 0 Å². The monoisotopic (exact) mass is 225 g/mol. The molecular weight excluding hydrogens is 198 g/mol. The number of piperidine rings is 1. The standard InChI is InChI=1S/C13H27N3/c1-3-13-11-16(9-6-14-13)10-12-4-7-15(2)8-5-12/h12-14H,3-11H2,1-2H3. The van der Waals surface area contributed by atoms with Crippen LogP contribution in [0.2, 0.25) is 0 Å². The van der Waals surface area contributed by atoms with Gasteiger partial charge in [0.05, 0.1) is 0 Å². The fourth-order valence-electron chi connectivity index (χ4n) is 2.94. The topological polar surface area (TPSA) is 18.5 Å². The average molecular weight is 225 g/mol. The van der Waals surface area contributed by atoms with E-state index in [1.807, 2.05) is 0 Å². The molecule has 0 aromatic heterocycles. The van der Waals surface area contributed by atoms with Crippen molar-refractivity contribution >= 4 is 0 Å². The highest BCUT2D eigenvalue weighted by Gasteiger charge is 2.23. The van der Waals surface area contributed by atoms with Crippen LogP contribution in [0.15, 0.2) is 0 Å². The van der Waals surface area contributed by atoms with Crippen molar-refractivity contribution in [3.8, 4) is 0 Å². The summed E-state index contributed by atoms with van der Waals surface area (Å²) in [5, 5.41) is 3.59. The molecule has 1 N–H and O–H groups in total. The molecule has 3 heteroatoms. The van der Waals surface area contributed by atoms with Crippen LogP contribution in [-0.4, -0.2) is 62.2 Å². The molecule has 2 aliphatic rings. The summed E-state index contributed by atoms with van der Waals surface area (Å²) >= 11 is 0. The maximum atomic E-state index is 3.59. The molecule has 2 rings (SSSR count). The Kier molecular flexibility index (Phi) is 4.62. The van der Waals surface area contributed by atoms with Crippen molar-refractivity contribution in [3.63, 3.8) is 0 Å². The highest BCUT2D eigenvalue weighted by Crippen LogP contribution is 2.18. The van der Waals surface area contributed by atoms with Crippen LogP contribution in [0.1, 0.15) is 26.2 Å². The second-order valence-corrected chi connectivity index (χ2v) is 5.57. The first-order valence-corrected chi connectivity index (χ1v) is 6.92. The Bertz CT molecular complexity index is 199. The number of nitrogens with zero attached hydrogens (tertiary/aromatic N) is 2. The summed E-state index contributed by atoms with van der Waals surface area (Å²) in [6.07, 6.45) is 4.07. The van der Waals surface area contributed by atoms with E-state index in [4.69, 9.17) is 0 Å². The van der Waals surface area contributed by atoms with Crippen LogP contribution in [0.3, 0.4) is 0 Å². The molecule has 1 unspecified atom stereocenters. The molecule has 0 spiro atoms. The van der Waals surface area contributed by atoms with Gasteiger partial charge in [0.1, 0.15) is 0 Å². The minimum atomic E-state index is 0.736. The van der Waals surface area contributed by atoms with Gasteiger partial charge < -0.3 is 15.1 Å². The lowest BCUT2D eigenvalue weighted by molar-refractivity contribution is 0.133. The highest BCUT2D eigenvalue weighted by molar-refractivity contribution is 4.80. The number of piperazine rings is 1. The number of nitrogens with one attached hydrogen (secondary N) is 1. The van der Waals surface area contributed by atoms with Crippen LogP contribution < -0.4 is 5.32 Å². The molecule has 16 heavy (non-hydrogen) atoms. The van der Waals surface area contributed by atoms with Crippen molar-refractivity contribution in [3.05, 3.63) is 0 Å². The largest absolute Gasteiger partial charge is 0.311 e. The zero-order chi connectivity index (χ0) is 11.4. The minimum absolute atomic E-state index is 0.736. The van der Waals surface area contributed by atoms with Crippen molar-refractivity contribution in [1.29, 1.82) is 0 Å². The second kappa shape index (κ2) is 5.99. The average Bonchev–Trinajstić information content (AvgIpc) is 2.32. The molecule has 1 atom stereocenters. The van der Waals surface area contributed by atoms with E-state index in [9.17, 15) is 0 Å². The van der Waals surface area contributed by atoms with E-state index in [-0.39, 0.29) is 0 Å². The lowest BCUT2D eigenvalue weighted by Crippen LogP contribution is -2.52. The molecule has 0 amide bonds. The Balaban J connectivity index is 1.72. The van der Waals surface area contributed by atoms with Gasteiger partial charge in [0.2, 0.25) is 0 Å². The molecule has 0 bridgehead atoms. The Morgan fingerprint density at radius 3 is 2.62 bits per heavy atom. The van der Waals surface area contributed by atoms with E-state index in [2.05, 4.69) is 29.1 Å². The number of likely N-dealkylation sites (tertiary alicyclic amines) is 1. The number of rotatable bonds is 3. The highest BCUT2D eigenvalue weighted by atomic mass is 15.2. The Hall–Kier alpha value is -0.120. The quantitative estimate of drug-likeness (QED) is 0.773. The maximum absolute atomic E-state index is 3.59. The van der Waals surface area contributed by atoms with E-state index in [1.54, 1.807) is 0 Å². The summed E-state index contributed by atoms with van der Waals surface area (Å²) < 4.78 is 0. The van der Waals surface area contributed by atoms with E-state index < -0.39 is 0 Å². The third kappa shape index (κ3) is 3.44. The van der Waals surface area contributed by atoms with Gasteiger partial charge in [0, 0.05) is 32.2 Å². The molecular formula is C13H27N3. The third-order valence-electron chi connectivity index (χ3n) is 4.19. The number of hydrogen-bond donors (Lipinski definition) is 1. The molecule has 3 nitrogen and oxygen atoms in total. The van der Waals surface area contributed by atoms with Gasteiger partial charge in [-0.05, 0) is 45.3 Å². The van der Waals surface area contributed by atoms with Crippen molar-refractivity contribution in [2.45, 2.75) is 32.2 Å². The summed E-state index contributed by atoms with van der Waals surface area (Å²) in [6, 6.07) is 0.736. The molecule has 0 aromatic rings. The van der Waals surface area contributed by atoms with Crippen molar-refractivity contribution in [2.24, 2.45) is 5.92 Å². The van der Waals surface area contributed by atoms with Crippen LogP contribution in [0.5, 0.6) is 0 Å². The maximum Gasteiger partial charge on any atom is 0.0192 e. The van der Waals surface area contributed by atoms with Gasteiger partial charge in [-0.2, -0.15) is 0 Å². The molecule has 2 fully saturated rings. The van der Waals surface area contributed by atoms with Crippen LogP contribution in [0.4, 0.5) is 0 Å². The van der Waals surface area contributed by atoms with E-state index in [1.165, 1.54) is 58.5 Å². The van der Waals surface area contributed by atoms with Crippen molar-refractivity contribution in [2.75, 3.05) is 46.3 Å². The Morgan fingerprint density at radius 2 is 1.94 bits per heavy atom. The SMILES string of the molecule is CCC1CN(CC2CCN(C)CC2)CCN1. The van der Waals surface area contributed by atoms with Gasteiger partial charge in [-0.25, -0.2) is 0 Å². The molecule has 0 radical (unpaired) electrons. The number of hydrogen-bond acceptors (Lipinski definition) is 3. The van der Waals surface area contributed by atoms with Crippen molar-refractivity contribution < 1.29 is 0 Å². The molecule has 94 valence electrons. The molecule has 0 aromatic carbocycles.